The molecular formula is C38H41N10O6+. The van der Waals surface area contributed by atoms with Crippen molar-refractivity contribution in [3.63, 3.8) is 0 Å². The average molecular weight is 734 g/mol. The van der Waals surface area contributed by atoms with Crippen LogP contribution >= 0.6 is 0 Å². The number of aryl methyl sites for hydroxylation is 4. The van der Waals surface area contributed by atoms with Gasteiger partial charge >= 0.3 is 0 Å². The molecule has 16 heteroatoms. The van der Waals surface area contributed by atoms with Crippen LogP contribution in [0, 0.1) is 13.8 Å². The van der Waals surface area contributed by atoms with Crippen molar-refractivity contribution < 1.29 is 32.5 Å². The number of aromatic nitrogens is 6. The van der Waals surface area contributed by atoms with Crippen LogP contribution in [0.2, 0.25) is 0 Å². The molecule has 16 nitrogen and oxygen atoms in total. The van der Waals surface area contributed by atoms with Crippen LogP contribution in [0.25, 0.3) is 22.1 Å². The van der Waals surface area contributed by atoms with Crippen LogP contribution < -0.4 is 16.4 Å². The van der Waals surface area contributed by atoms with Gasteiger partial charge in [0.05, 0.1) is 33.5 Å². The number of carbonyl (C=O) groups excluding carboxylic acids is 3. The number of imidazole rings is 2. The molecule has 0 fully saturated rings. The maximum atomic E-state index is 13.6. The molecule has 2 aromatic carbocycles. The Bertz CT molecular complexity index is 2460. The largest absolute Gasteiger partial charge is 0.436 e. The molecule has 4 N–H and O–H groups in total. The summed E-state index contributed by atoms with van der Waals surface area (Å²) in [5, 5.41) is 5.85. The SMILES string of the molecule is CCc1nc(C)oc1C(=O)Nc1nc2cc(C(N)=O)ccc2n1C/C=C/Cn1c(NC(=O)c2oc(C)nc2CC)nc2cccc(C[N+]3=CCOCC3)c21. The van der Waals surface area contributed by atoms with Crippen molar-refractivity contribution in [1.29, 1.82) is 0 Å². The molecule has 1 aliphatic rings. The van der Waals surface area contributed by atoms with E-state index in [2.05, 4.69) is 36.2 Å². The van der Waals surface area contributed by atoms with Gasteiger partial charge in [-0.2, -0.15) is 0 Å². The van der Waals surface area contributed by atoms with Gasteiger partial charge in [-0.3, -0.25) is 25.0 Å². The number of nitrogens with zero attached hydrogens (tertiary/aromatic N) is 7. The van der Waals surface area contributed by atoms with Gasteiger partial charge in [0.15, 0.2) is 31.1 Å². The van der Waals surface area contributed by atoms with E-state index in [1.54, 1.807) is 32.0 Å². The van der Waals surface area contributed by atoms with Crippen molar-refractivity contribution in [2.75, 3.05) is 30.4 Å². The van der Waals surface area contributed by atoms with E-state index in [-0.39, 0.29) is 17.5 Å². The maximum absolute atomic E-state index is 13.6. The topological polar surface area (TPSA) is 201 Å². The van der Waals surface area contributed by atoms with Gasteiger partial charge in [-0.05, 0) is 37.1 Å². The summed E-state index contributed by atoms with van der Waals surface area (Å²) in [5.74, 6) is 0.131. The van der Waals surface area contributed by atoms with Crippen molar-refractivity contribution in [3.8, 4) is 0 Å². The molecule has 0 saturated carbocycles. The van der Waals surface area contributed by atoms with Crippen LogP contribution in [0.5, 0.6) is 0 Å². The smallest absolute Gasteiger partial charge is 0.295 e. The van der Waals surface area contributed by atoms with E-state index in [9.17, 15) is 14.4 Å². The van der Waals surface area contributed by atoms with Crippen LogP contribution in [0.1, 0.15) is 74.0 Å². The quantitative estimate of drug-likeness (QED) is 0.111. The van der Waals surface area contributed by atoms with Crippen LogP contribution in [-0.4, -0.2) is 77.3 Å². The highest BCUT2D eigenvalue weighted by Crippen LogP contribution is 2.27. The zero-order valence-corrected chi connectivity index (χ0v) is 30.5. The number of fused-ring (bicyclic) bond motifs is 2. The van der Waals surface area contributed by atoms with Gasteiger partial charge < -0.3 is 28.4 Å². The Morgan fingerprint density at radius 2 is 1.48 bits per heavy atom. The van der Waals surface area contributed by atoms with Crippen molar-refractivity contribution in [1.82, 2.24) is 29.1 Å². The Balaban J connectivity index is 1.22. The lowest BCUT2D eigenvalue weighted by Crippen LogP contribution is -2.26. The Morgan fingerprint density at radius 3 is 2.09 bits per heavy atom. The van der Waals surface area contributed by atoms with Crippen LogP contribution in [0.15, 0.2) is 57.4 Å². The summed E-state index contributed by atoms with van der Waals surface area (Å²) in [4.78, 5) is 57.1. The first-order chi connectivity index (χ1) is 26.1. The predicted molar refractivity (Wildman–Crippen MR) is 200 cm³/mol. The van der Waals surface area contributed by atoms with E-state index < -0.39 is 17.7 Å². The number of ether oxygens (including phenoxy) is 1. The highest BCUT2D eigenvalue weighted by molar-refractivity contribution is 6.04. The second-order valence-corrected chi connectivity index (χ2v) is 12.8. The molecule has 0 spiro atoms. The molecule has 7 rings (SSSR count). The Kier molecular flexibility index (Phi) is 10.2. The summed E-state index contributed by atoms with van der Waals surface area (Å²) in [6.45, 7) is 10.4. The van der Waals surface area contributed by atoms with E-state index in [1.807, 2.05) is 53.5 Å². The van der Waals surface area contributed by atoms with Gasteiger partial charge in [0.2, 0.25) is 29.3 Å². The third-order valence-electron chi connectivity index (χ3n) is 9.11. The molecule has 1 aliphatic heterocycles. The molecular weight excluding hydrogens is 692 g/mol. The van der Waals surface area contributed by atoms with Gasteiger partial charge in [0.25, 0.3) is 11.8 Å². The van der Waals surface area contributed by atoms with Gasteiger partial charge in [-0.25, -0.2) is 24.5 Å². The second-order valence-electron chi connectivity index (χ2n) is 12.8. The average Bonchev–Trinajstić information content (AvgIpc) is 3.92. The first-order valence-electron chi connectivity index (χ1n) is 17.8. The fraction of sp³-hybridized carbons (Fsp3) is 0.316. The van der Waals surface area contributed by atoms with E-state index >= 15 is 0 Å². The van der Waals surface area contributed by atoms with Crippen molar-refractivity contribution >= 4 is 57.9 Å². The number of nitrogens with two attached hydrogens (primary N) is 1. The third-order valence-corrected chi connectivity index (χ3v) is 9.11. The highest BCUT2D eigenvalue weighted by atomic mass is 16.5. The van der Waals surface area contributed by atoms with E-state index in [4.69, 9.17) is 24.3 Å². The van der Waals surface area contributed by atoms with Crippen molar-refractivity contribution in [2.24, 2.45) is 5.73 Å². The maximum Gasteiger partial charge on any atom is 0.295 e. The number of amides is 3. The number of primary amides is 1. The number of benzene rings is 2. The number of hydrogen-bond donors (Lipinski definition) is 3. The molecule has 0 aliphatic carbocycles. The zero-order valence-electron chi connectivity index (χ0n) is 30.5. The summed E-state index contributed by atoms with van der Waals surface area (Å²) in [5.41, 5.74) is 10.7. The Labute approximate surface area is 309 Å². The zero-order chi connectivity index (χ0) is 37.9. The minimum absolute atomic E-state index is 0.112. The van der Waals surface area contributed by atoms with Crippen LogP contribution in [-0.2, 0) is 37.2 Å². The number of hydrogen-bond acceptors (Lipinski definition) is 10. The molecule has 0 bridgehead atoms. The number of oxazole rings is 2. The fourth-order valence-corrected chi connectivity index (χ4v) is 6.55. The summed E-state index contributed by atoms with van der Waals surface area (Å²) in [6, 6.07) is 10.9. The number of anilines is 2. The molecule has 4 aromatic heterocycles. The predicted octanol–water partition coefficient (Wildman–Crippen LogP) is 4.58. The summed E-state index contributed by atoms with van der Waals surface area (Å²) >= 11 is 0. The fourth-order valence-electron chi connectivity index (χ4n) is 6.55. The van der Waals surface area contributed by atoms with Crippen LogP contribution in [0.3, 0.4) is 0 Å². The monoisotopic (exact) mass is 733 g/mol. The molecule has 3 amide bonds. The van der Waals surface area contributed by atoms with Crippen LogP contribution in [0.4, 0.5) is 11.9 Å². The molecule has 6 aromatic rings. The summed E-state index contributed by atoms with van der Waals surface area (Å²) < 4.78 is 22.8. The number of allylic oxidation sites excluding steroid dienone is 2. The molecule has 0 radical (unpaired) electrons. The minimum Gasteiger partial charge on any atom is -0.436 e. The normalized spacial score (nSPS) is 13.2. The molecule has 5 heterocycles. The lowest BCUT2D eigenvalue weighted by atomic mass is 10.1. The van der Waals surface area contributed by atoms with E-state index in [1.165, 1.54) is 0 Å². The van der Waals surface area contributed by atoms with Crippen molar-refractivity contribution in [3.05, 3.63) is 94.4 Å². The highest BCUT2D eigenvalue weighted by Gasteiger charge is 2.24. The number of nitrogens with one attached hydrogen (secondary N) is 2. The van der Waals surface area contributed by atoms with Crippen molar-refractivity contribution in [2.45, 2.75) is 60.2 Å². The van der Waals surface area contributed by atoms with E-state index in [0.29, 0.717) is 91.4 Å². The Morgan fingerprint density at radius 1 is 0.852 bits per heavy atom. The number of carbonyl (C=O) groups is 3. The first kappa shape index (κ1) is 36.0. The summed E-state index contributed by atoms with van der Waals surface area (Å²) in [7, 11) is 0. The van der Waals surface area contributed by atoms with Gasteiger partial charge in [0, 0.05) is 38.1 Å². The first-order valence-corrected chi connectivity index (χ1v) is 17.8. The third kappa shape index (κ3) is 7.28. The molecule has 278 valence electrons. The Hall–Kier alpha value is -6.42. The number of para-hydroxylation sites is 1. The molecule has 54 heavy (non-hydrogen) atoms. The summed E-state index contributed by atoms with van der Waals surface area (Å²) in [6.07, 6.45) is 6.96. The van der Waals surface area contributed by atoms with Gasteiger partial charge in [-0.15, -0.1) is 0 Å². The second kappa shape index (κ2) is 15.3. The molecule has 0 atom stereocenters. The number of rotatable bonds is 13. The molecule has 0 unspecified atom stereocenters. The lowest BCUT2D eigenvalue weighted by Gasteiger charge is -2.12. The molecule has 0 saturated heterocycles. The van der Waals surface area contributed by atoms with E-state index in [0.717, 1.165) is 23.1 Å². The lowest BCUT2D eigenvalue weighted by molar-refractivity contribution is -0.549. The minimum atomic E-state index is -0.590. The standard InChI is InChI=1S/C38H40N10O6/c1-5-26-32(53-22(3)40-26)35(50)44-37-43-29-20-24(34(39)49)12-13-30(29)47(37)14-7-8-15-48-31-25(21-46-16-18-52-19-17-46)10-9-11-28(31)42-38(48)45-36(51)33-27(6-2)41-23(4)54-33/h7-13,16,20H,5-6,14-15,17-19,21H2,1-4H3,(H3-,39,42,43,44,45,49,50,51)/p+1/b8-7+. The van der Waals surface area contributed by atoms with Gasteiger partial charge in [-0.1, -0.05) is 38.1 Å². The van der Waals surface area contributed by atoms with Gasteiger partial charge in [0.1, 0.15) is 13.2 Å².